The Morgan fingerprint density at radius 2 is 1.96 bits per heavy atom. The van der Waals surface area contributed by atoms with Gasteiger partial charge in [-0.3, -0.25) is 4.79 Å². The van der Waals surface area contributed by atoms with Gasteiger partial charge in [0.25, 0.3) is 5.91 Å². The predicted molar refractivity (Wildman–Crippen MR) is 97.9 cm³/mol. The van der Waals surface area contributed by atoms with Gasteiger partial charge < -0.3 is 8.98 Å². The first-order chi connectivity index (χ1) is 12.0. The van der Waals surface area contributed by atoms with Crippen LogP contribution >= 0.6 is 11.3 Å². The SMILES string of the molecule is Cc1ccc2c(c1)sc(=NC(=O)c1cc3ccccc3oc1=O)n2C. The van der Waals surface area contributed by atoms with Crippen LogP contribution in [0.3, 0.4) is 0 Å². The summed E-state index contributed by atoms with van der Waals surface area (Å²) in [5.74, 6) is -0.599. The number of aromatic nitrogens is 1. The highest BCUT2D eigenvalue weighted by molar-refractivity contribution is 7.16. The summed E-state index contributed by atoms with van der Waals surface area (Å²) in [6, 6.07) is 14.7. The van der Waals surface area contributed by atoms with E-state index < -0.39 is 11.5 Å². The number of aryl methyl sites for hydroxylation is 2. The number of carbonyl (C=O) groups excluding carboxylic acids is 1. The van der Waals surface area contributed by atoms with Crippen molar-refractivity contribution in [2.45, 2.75) is 6.92 Å². The van der Waals surface area contributed by atoms with Gasteiger partial charge in [0, 0.05) is 12.4 Å². The van der Waals surface area contributed by atoms with E-state index in [1.165, 1.54) is 17.4 Å². The normalized spacial score (nSPS) is 12.2. The van der Waals surface area contributed by atoms with Gasteiger partial charge in [0.15, 0.2) is 4.80 Å². The van der Waals surface area contributed by atoms with E-state index in [2.05, 4.69) is 4.99 Å². The van der Waals surface area contributed by atoms with E-state index in [-0.39, 0.29) is 5.56 Å². The molecule has 0 saturated carbocycles. The van der Waals surface area contributed by atoms with Gasteiger partial charge >= 0.3 is 5.63 Å². The molecule has 0 atom stereocenters. The van der Waals surface area contributed by atoms with Gasteiger partial charge in [-0.1, -0.05) is 35.6 Å². The van der Waals surface area contributed by atoms with Crippen molar-refractivity contribution in [1.29, 1.82) is 0 Å². The third-order valence-electron chi connectivity index (χ3n) is 4.03. The molecule has 2 aromatic heterocycles. The van der Waals surface area contributed by atoms with Crippen LogP contribution in [0.15, 0.2) is 62.7 Å². The van der Waals surface area contributed by atoms with Crippen LogP contribution in [-0.4, -0.2) is 10.5 Å². The van der Waals surface area contributed by atoms with Crippen molar-refractivity contribution < 1.29 is 9.21 Å². The van der Waals surface area contributed by atoms with E-state index >= 15 is 0 Å². The second kappa shape index (κ2) is 5.82. The maximum atomic E-state index is 12.5. The van der Waals surface area contributed by atoms with Crippen LogP contribution in [0.1, 0.15) is 15.9 Å². The van der Waals surface area contributed by atoms with Crippen LogP contribution in [-0.2, 0) is 7.05 Å². The molecular weight excluding hydrogens is 336 g/mol. The number of amides is 1. The fourth-order valence-corrected chi connectivity index (χ4v) is 3.82. The second-order valence-corrected chi connectivity index (χ2v) is 6.83. The first-order valence-electron chi connectivity index (χ1n) is 7.71. The number of para-hydroxylation sites is 1. The van der Waals surface area contributed by atoms with Crippen LogP contribution in [0.25, 0.3) is 21.2 Å². The van der Waals surface area contributed by atoms with Crippen LogP contribution in [0.2, 0.25) is 0 Å². The molecule has 0 aliphatic rings. The monoisotopic (exact) mass is 350 g/mol. The molecule has 0 aliphatic carbocycles. The van der Waals surface area contributed by atoms with E-state index in [4.69, 9.17) is 4.42 Å². The lowest BCUT2D eigenvalue weighted by Gasteiger charge is -1.98. The molecule has 4 aromatic rings. The van der Waals surface area contributed by atoms with Crippen molar-refractivity contribution in [2.24, 2.45) is 12.0 Å². The van der Waals surface area contributed by atoms with Gasteiger partial charge in [-0.15, -0.1) is 0 Å². The van der Waals surface area contributed by atoms with Crippen LogP contribution in [0.4, 0.5) is 0 Å². The Labute approximate surface area is 146 Å². The third-order valence-corrected chi connectivity index (χ3v) is 5.13. The quantitative estimate of drug-likeness (QED) is 0.494. The zero-order chi connectivity index (χ0) is 17.6. The second-order valence-electron chi connectivity index (χ2n) is 5.82. The molecule has 25 heavy (non-hydrogen) atoms. The molecule has 6 heteroatoms. The van der Waals surface area contributed by atoms with Crippen molar-refractivity contribution in [2.75, 3.05) is 0 Å². The van der Waals surface area contributed by atoms with Crippen molar-refractivity contribution >= 4 is 38.4 Å². The number of fused-ring (bicyclic) bond motifs is 2. The fraction of sp³-hybridized carbons (Fsp3) is 0.105. The molecule has 5 nitrogen and oxygen atoms in total. The van der Waals surface area contributed by atoms with Gasteiger partial charge in [-0.2, -0.15) is 4.99 Å². The topological polar surface area (TPSA) is 64.6 Å². The number of nitrogens with zero attached hydrogens (tertiary/aromatic N) is 2. The van der Waals surface area contributed by atoms with Gasteiger partial charge in [0.2, 0.25) is 0 Å². The summed E-state index contributed by atoms with van der Waals surface area (Å²) in [6.07, 6.45) is 0. The highest BCUT2D eigenvalue weighted by atomic mass is 32.1. The summed E-state index contributed by atoms with van der Waals surface area (Å²) in [6.45, 7) is 2.02. The van der Waals surface area contributed by atoms with Crippen LogP contribution < -0.4 is 10.4 Å². The molecular formula is C19H14N2O3S. The highest BCUT2D eigenvalue weighted by Gasteiger charge is 2.14. The molecule has 0 fully saturated rings. The Morgan fingerprint density at radius 3 is 2.80 bits per heavy atom. The molecule has 0 N–H and O–H groups in total. The Hall–Kier alpha value is -2.99. The molecule has 2 aromatic carbocycles. The molecule has 0 bridgehead atoms. The molecule has 4 rings (SSSR count). The number of hydrogen-bond acceptors (Lipinski definition) is 4. The Bertz CT molecular complexity index is 1260. The molecule has 124 valence electrons. The van der Waals surface area contributed by atoms with E-state index in [9.17, 15) is 9.59 Å². The number of hydrogen-bond donors (Lipinski definition) is 0. The zero-order valence-electron chi connectivity index (χ0n) is 13.6. The molecule has 2 heterocycles. The van der Waals surface area contributed by atoms with Gasteiger partial charge in [-0.05, 0) is 36.8 Å². The van der Waals surface area contributed by atoms with Crippen molar-refractivity contribution in [1.82, 2.24) is 4.57 Å². The zero-order valence-corrected chi connectivity index (χ0v) is 14.5. The highest BCUT2D eigenvalue weighted by Crippen LogP contribution is 2.18. The lowest BCUT2D eigenvalue weighted by Crippen LogP contribution is -2.17. The molecule has 0 radical (unpaired) electrons. The van der Waals surface area contributed by atoms with Crippen LogP contribution in [0.5, 0.6) is 0 Å². The number of thiazole rings is 1. The van der Waals surface area contributed by atoms with E-state index in [1.807, 2.05) is 42.8 Å². The minimum Gasteiger partial charge on any atom is -0.422 e. The number of rotatable bonds is 1. The first-order valence-corrected chi connectivity index (χ1v) is 8.53. The molecule has 1 amide bonds. The predicted octanol–water partition coefficient (Wildman–Crippen LogP) is 3.40. The number of benzene rings is 2. The van der Waals surface area contributed by atoms with Gasteiger partial charge in [0.05, 0.1) is 10.2 Å². The largest absolute Gasteiger partial charge is 0.422 e. The summed E-state index contributed by atoms with van der Waals surface area (Å²) in [5.41, 5.74) is 1.85. The average molecular weight is 350 g/mol. The van der Waals surface area contributed by atoms with Crippen LogP contribution in [0, 0.1) is 6.92 Å². The average Bonchev–Trinajstić information content (AvgIpc) is 2.89. The molecule has 0 spiro atoms. The van der Waals surface area contributed by atoms with E-state index in [1.54, 1.807) is 18.2 Å². The third kappa shape index (κ3) is 2.70. The lowest BCUT2D eigenvalue weighted by molar-refractivity contribution is 0.0994. The summed E-state index contributed by atoms with van der Waals surface area (Å²) >= 11 is 1.41. The van der Waals surface area contributed by atoms with Gasteiger partial charge in [-0.25, -0.2) is 4.79 Å². The minimum atomic E-state index is -0.674. The molecule has 0 unspecified atom stereocenters. The van der Waals surface area contributed by atoms with E-state index in [0.717, 1.165) is 15.8 Å². The Balaban J connectivity index is 1.87. The fourth-order valence-electron chi connectivity index (χ4n) is 2.71. The number of carbonyl (C=O) groups is 1. The standard InChI is InChI=1S/C19H14N2O3S/c1-11-7-8-14-16(9-11)25-19(21(14)2)20-17(22)13-10-12-5-3-4-6-15(12)24-18(13)23/h3-10H,1-2H3. The summed E-state index contributed by atoms with van der Waals surface area (Å²) < 4.78 is 8.11. The van der Waals surface area contributed by atoms with Crippen molar-refractivity contribution in [3.8, 4) is 0 Å². The molecule has 0 aliphatic heterocycles. The summed E-state index contributed by atoms with van der Waals surface area (Å²) in [4.78, 5) is 29.3. The van der Waals surface area contributed by atoms with E-state index in [0.29, 0.717) is 15.8 Å². The lowest BCUT2D eigenvalue weighted by atomic mass is 10.2. The van der Waals surface area contributed by atoms with Crippen molar-refractivity contribution in [3.63, 3.8) is 0 Å². The summed E-state index contributed by atoms with van der Waals surface area (Å²) in [5, 5.41) is 0.692. The maximum absolute atomic E-state index is 12.5. The Morgan fingerprint density at radius 1 is 1.16 bits per heavy atom. The smallest absolute Gasteiger partial charge is 0.349 e. The minimum absolute atomic E-state index is 0.0627. The maximum Gasteiger partial charge on any atom is 0.349 e. The van der Waals surface area contributed by atoms with Crippen molar-refractivity contribution in [3.05, 3.63) is 74.9 Å². The Kier molecular flexibility index (Phi) is 3.62. The molecule has 0 saturated heterocycles. The summed E-state index contributed by atoms with van der Waals surface area (Å²) in [7, 11) is 1.85. The van der Waals surface area contributed by atoms with Gasteiger partial charge in [0.1, 0.15) is 11.1 Å². The first kappa shape index (κ1) is 15.5.